The molecule has 1 N–H and O–H groups in total. The van der Waals surface area contributed by atoms with Crippen LogP contribution in [0.2, 0.25) is 0 Å². The number of amides is 2. The maximum atomic E-state index is 13.7. The van der Waals surface area contributed by atoms with Gasteiger partial charge in [0.1, 0.15) is 11.9 Å². The quantitative estimate of drug-likeness (QED) is 0.233. The highest BCUT2D eigenvalue weighted by Crippen LogP contribution is 2.34. The van der Waals surface area contributed by atoms with Crippen molar-refractivity contribution in [3.63, 3.8) is 0 Å². The van der Waals surface area contributed by atoms with E-state index >= 15 is 0 Å². The summed E-state index contributed by atoms with van der Waals surface area (Å²) in [5.74, 6) is 1.12. The Hall–Kier alpha value is -4.30. The van der Waals surface area contributed by atoms with Crippen LogP contribution in [0, 0.1) is 6.92 Å². The fourth-order valence-corrected chi connectivity index (χ4v) is 6.88. The summed E-state index contributed by atoms with van der Waals surface area (Å²) in [7, 11) is 1.69. The van der Waals surface area contributed by atoms with E-state index in [2.05, 4.69) is 58.4 Å². The van der Waals surface area contributed by atoms with Gasteiger partial charge in [-0.25, -0.2) is 0 Å². The van der Waals surface area contributed by atoms with Crippen molar-refractivity contribution in [2.24, 2.45) is 0 Å². The van der Waals surface area contributed by atoms with Gasteiger partial charge < -0.3 is 24.6 Å². The zero-order valence-corrected chi connectivity index (χ0v) is 27.1. The highest BCUT2D eigenvalue weighted by atomic mass is 16.5. The van der Waals surface area contributed by atoms with E-state index in [4.69, 9.17) is 9.47 Å². The topological polar surface area (TPSA) is 74.4 Å². The van der Waals surface area contributed by atoms with Gasteiger partial charge in [-0.15, -0.1) is 0 Å². The van der Waals surface area contributed by atoms with Gasteiger partial charge in [-0.05, 0) is 92.8 Å². The molecule has 2 amide bonds. The van der Waals surface area contributed by atoms with Crippen molar-refractivity contribution in [3.05, 3.63) is 101 Å². The van der Waals surface area contributed by atoms with Crippen LogP contribution < -0.4 is 15.0 Å². The number of ether oxygens (including phenoxy) is 2. The molecule has 242 valence electrons. The molecule has 8 nitrogen and oxygen atoms in total. The summed E-state index contributed by atoms with van der Waals surface area (Å²) in [4.78, 5) is 33.4. The Kier molecular flexibility index (Phi) is 10.2. The van der Waals surface area contributed by atoms with Crippen LogP contribution in [-0.2, 0) is 16.1 Å². The third-order valence-electron chi connectivity index (χ3n) is 9.47. The van der Waals surface area contributed by atoms with E-state index in [1.807, 2.05) is 47.4 Å². The lowest BCUT2D eigenvalue weighted by Crippen LogP contribution is -2.54. The first-order valence-electron chi connectivity index (χ1n) is 16.7. The second-order valence-corrected chi connectivity index (χ2v) is 12.7. The Morgan fingerprint density at radius 1 is 0.978 bits per heavy atom. The smallest absolute Gasteiger partial charge is 0.289 e. The minimum atomic E-state index is -0.0807. The van der Waals surface area contributed by atoms with Crippen molar-refractivity contribution in [3.8, 4) is 5.75 Å². The molecule has 1 aliphatic carbocycles. The number of benzene rings is 3. The SMILES string of the molecule is COc1ccc(N2CCN(CCCNC(=O)c3ccc(/C=C4/OC5CCCCC5N(Cc5cccc(C)c5)C4=O)cc3)CC2)cc1. The Balaban J connectivity index is 0.982. The van der Waals surface area contributed by atoms with Crippen LogP contribution in [0.3, 0.4) is 0 Å². The first-order valence-corrected chi connectivity index (χ1v) is 16.7. The Labute approximate surface area is 273 Å². The number of fused-ring (bicyclic) bond motifs is 1. The Morgan fingerprint density at radius 3 is 2.48 bits per heavy atom. The molecule has 0 bridgehead atoms. The number of aryl methyl sites for hydroxylation is 1. The van der Waals surface area contributed by atoms with Crippen molar-refractivity contribution >= 4 is 23.6 Å². The molecule has 6 rings (SSSR count). The summed E-state index contributed by atoms with van der Waals surface area (Å²) < 4.78 is 11.6. The summed E-state index contributed by atoms with van der Waals surface area (Å²) in [6.07, 6.45) is 6.91. The lowest BCUT2D eigenvalue weighted by atomic mass is 9.89. The van der Waals surface area contributed by atoms with Crippen molar-refractivity contribution in [2.75, 3.05) is 51.3 Å². The number of piperazine rings is 1. The molecule has 0 aromatic heterocycles. The molecule has 2 aliphatic heterocycles. The average molecular weight is 623 g/mol. The largest absolute Gasteiger partial charge is 0.497 e. The number of morpholine rings is 1. The van der Waals surface area contributed by atoms with Crippen molar-refractivity contribution in [2.45, 2.75) is 57.7 Å². The molecule has 3 aromatic rings. The molecule has 3 fully saturated rings. The van der Waals surface area contributed by atoms with Gasteiger partial charge in [0.25, 0.3) is 11.8 Å². The van der Waals surface area contributed by atoms with Gasteiger partial charge >= 0.3 is 0 Å². The van der Waals surface area contributed by atoms with Gasteiger partial charge in [-0.3, -0.25) is 14.5 Å². The van der Waals surface area contributed by atoms with Crippen LogP contribution in [0.5, 0.6) is 5.75 Å². The van der Waals surface area contributed by atoms with E-state index in [9.17, 15) is 9.59 Å². The Morgan fingerprint density at radius 2 is 1.74 bits per heavy atom. The minimum absolute atomic E-state index is 0.0184. The maximum absolute atomic E-state index is 13.7. The van der Waals surface area contributed by atoms with E-state index in [-0.39, 0.29) is 24.0 Å². The van der Waals surface area contributed by atoms with Crippen molar-refractivity contribution in [1.82, 2.24) is 15.1 Å². The summed E-state index contributed by atoms with van der Waals surface area (Å²) in [5, 5.41) is 3.07. The van der Waals surface area contributed by atoms with Gasteiger partial charge in [0, 0.05) is 50.5 Å². The van der Waals surface area contributed by atoms with Crippen LogP contribution in [-0.4, -0.2) is 80.1 Å². The second-order valence-electron chi connectivity index (χ2n) is 12.7. The van der Waals surface area contributed by atoms with Crippen LogP contribution >= 0.6 is 0 Å². The summed E-state index contributed by atoms with van der Waals surface area (Å²) >= 11 is 0. The number of carbonyl (C=O) groups excluding carboxylic acids is 2. The molecule has 1 saturated carbocycles. The fraction of sp³-hybridized carbons (Fsp3) is 0.421. The van der Waals surface area contributed by atoms with Gasteiger partial charge in [0.05, 0.1) is 13.2 Å². The monoisotopic (exact) mass is 622 g/mol. The third kappa shape index (κ3) is 7.73. The number of carbonyl (C=O) groups is 2. The van der Waals surface area contributed by atoms with Crippen LogP contribution in [0.4, 0.5) is 5.69 Å². The molecular weight excluding hydrogens is 576 g/mol. The second kappa shape index (κ2) is 14.9. The van der Waals surface area contributed by atoms with E-state index in [1.165, 1.54) is 11.3 Å². The number of rotatable bonds is 10. The van der Waals surface area contributed by atoms with Crippen LogP contribution in [0.15, 0.2) is 78.6 Å². The predicted molar refractivity (Wildman–Crippen MR) is 182 cm³/mol. The molecule has 2 unspecified atom stereocenters. The van der Waals surface area contributed by atoms with Crippen LogP contribution in [0.25, 0.3) is 6.08 Å². The number of nitrogens with one attached hydrogen (secondary N) is 1. The van der Waals surface area contributed by atoms with Crippen LogP contribution in [0.1, 0.15) is 59.2 Å². The van der Waals surface area contributed by atoms with Gasteiger partial charge in [-0.2, -0.15) is 0 Å². The molecule has 2 heterocycles. The van der Waals surface area contributed by atoms with Crippen molar-refractivity contribution < 1.29 is 19.1 Å². The maximum Gasteiger partial charge on any atom is 0.289 e. The standard InChI is InChI=1S/C38H46N4O4/c1-28-7-5-8-30(25-28)27-42-34-9-3-4-10-35(34)46-36(38(42)44)26-29-11-13-31(14-12-29)37(43)39-19-6-20-40-21-23-41(24-22-40)32-15-17-33(45-2)18-16-32/h5,7-8,11-18,25-26,34-35H,3-4,6,9-10,19-24,27H2,1-2H3,(H,39,43)/b36-26+. The zero-order chi connectivity index (χ0) is 31.9. The van der Waals surface area contributed by atoms with Gasteiger partial charge in [0.15, 0.2) is 5.76 Å². The highest BCUT2D eigenvalue weighted by molar-refractivity contribution is 5.97. The third-order valence-corrected chi connectivity index (χ3v) is 9.47. The lowest BCUT2D eigenvalue weighted by molar-refractivity contribution is -0.149. The Bertz CT molecular complexity index is 1510. The van der Waals surface area contributed by atoms with E-state index < -0.39 is 0 Å². The molecule has 3 aliphatic rings. The fourth-order valence-electron chi connectivity index (χ4n) is 6.88. The zero-order valence-electron chi connectivity index (χ0n) is 27.1. The summed E-state index contributed by atoms with van der Waals surface area (Å²) in [5.41, 5.74) is 5.02. The molecular formula is C38H46N4O4. The predicted octanol–water partition coefficient (Wildman–Crippen LogP) is 5.66. The highest BCUT2D eigenvalue weighted by Gasteiger charge is 2.41. The summed E-state index contributed by atoms with van der Waals surface area (Å²) in [6.45, 7) is 8.25. The number of nitrogens with zero attached hydrogens (tertiary/aromatic N) is 3. The number of methoxy groups -OCH3 is 1. The number of hydrogen-bond acceptors (Lipinski definition) is 6. The molecule has 46 heavy (non-hydrogen) atoms. The molecule has 0 radical (unpaired) electrons. The lowest BCUT2D eigenvalue weighted by Gasteiger charge is -2.44. The van der Waals surface area contributed by atoms with Gasteiger partial charge in [0.2, 0.25) is 0 Å². The summed E-state index contributed by atoms with van der Waals surface area (Å²) in [6, 6.07) is 24.1. The minimum Gasteiger partial charge on any atom is -0.497 e. The molecule has 8 heteroatoms. The molecule has 2 saturated heterocycles. The van der Waals surface area contributed by atoms with E-state index in [1.54, 1.807) is 7.11 Å². The van der Waals surface area contributed by atoms with E-state index in [0.717, 1.165) is 81.7 Å². The first kappa shape index (κ1) is 31.7. The molecule has 2 atom stereocenters. The normalized spacial score (nSPS) is 21.1. The average Bonchev–Trinajstić information content (AvgIpc) is 3.09. The number of anilines is 1. The van der Waals surface area contributed by atoms with Crippen molar-refractivity contribution in [1.29, 1.82) is 0 Å². The van der Waals surface area contributed by atoms with Gasteiger partial charge in [-0.1, -0.05) is 48.4 Å². The molecule has 0 spiro atoms. The number of hydrogen-bond donors (Lipinski definition) is 1. The van der Waals surface area contributed by atoms with E-state index in [0.29, 0.717) is 24.4 Å². The molecule has 3 aromatic carbocycles. The first-order chi connectivity index (χ1) is 22.5.